The monoisotopic (exact) mass is 184 g/mol. The first-order valence-electron chi connectivity index (χ1n) is 5.21. The van der Waals surface area contributed by atoms with Gasteiger partial charge in [0, 0.05) is 0 Å². The Bertz CT molecular complexity index is 143. The van der Waals surface area contributed by atoms with E-state index in [1.807, 2.05) is 0 Å². The van der Waals surface area contributed by atoms with E-state index in [9.17, 15) is 0 Å². The molecule has 0 nitrogen and oxygen atoms in total. The van der Waals surface area contributed by atoms with Crippen LogP contribution in [0.2, 0.25) is 0 Å². The summed E-state index contributed by atoms with van der Waals surface area (Å²) >= 11 is 0. The highest BCUT2D eigenvalue weighted by Gasteiger charge is 2.53. The second-order valence-electron chi connectivity index (χ2n) is 6.44. The Kier molecular flexibility index (Phi) is 3.29. The predicted octanol–water partition coefficient (Wildman–Crippen LogP) is 4.89. The second-order valence-corrected chi connectivity index (χ2v) is 6.44. The minimum atomic E-state index is 0. The lowest BCUT2D eigenvalue weighted by atomic mass is 9.45. The van der Waals surface area contributed by atoms with Crippen molar-refractivity contribution in [1.82, 2.24) is 0 Å². The standard InChI is InChI=1S/C12H24.CH4/c1-10(2,3)12(8-7-9-12)11(4,5)6;/h7-9H2,1-6H3;1H4. The molecule has 0 spiro atoms. The largest absolute Gasteiger partial charge is 0.0776 e. The molecule has 0 aromatic heterocycles. The molecule has 0 amide bonds. The van der Waals surface area contributed by atoms with Gasteiger partial charge < -0.3 is 0 Å². The van der Waals surface area contributed by atoms with E-state index in [0.29, 0.717) is 16.2 Å². The fraction of sp³-hybridized carbons (Fsp3) is 1.00. The van der Waals surface area contributed by atoms with Gasteiger partial charge in [-0.25, -0.2) is 0 Å². The molecule has 0 atom stereocenters. The molecular weight excluding hydrogens is 156 g/mol. The average molecular weight is 184 g/mol. The van der Waals surface area contributed by atoms with Gasteiger partial charge in [0.1, 0.15) is 0 Å². The first-order chi connectivity index (χ1) is 5.21. The summed E-state index contributed by atoms with van der Waals surface area (Å²) in [4.78, 5) is 0. The van der Waals surface area contributed by atoms with Crippen molar-refractivity contribution in [1.29, 1.82) is 0 Å². The average Bonchev–Trinajstić information content (AvgIpc) is 1.47. The zero-order valence-corrected chi connectivity index (χ0v) is 9.62. The Hall–Kier alpha value is 0. The zero-order valence-electron chi connectivity index (χ0n) is 9.62. The summed E-state index contributed by atoms with van der Waals surface area (Å²) in [6.07, 6.45) is 4.30. The van der Waals surface area contributed by atoms with Crippen molar-refractivity contribution in [3.63, 3.8) is 0 Å². The second kappa shape index (κ2) is 3.29. The van der Waals surface area contributed by atoms with Crippen LogP contribution in [0.5, 0.6) is 0 Å². The Labute approximate surface area is 85.1 Å². The molecule has 1 saturated carbocycles. The summed E-state index contributed by atoms with van der Waals surface area (Å²) in [5, 5.41) is 0. The lowest BCUT2D eigenvalue weighted by Gasteiger charge is -2.60. The van der Waals surface area contributed by atoms with Gasteiger partial charge in [-0.3, -0.25) is 0 Å². The van der Waals surface area contributed by atoms with Crippen molar-refractivity contribution in [2.24, 2.45) is 16.2 Å². The molecule has 0 N–H and O–H groups in total. The molecule has 80 valence electrons. The van der Waals surface area contributed by atoms with Gasteiger partial charge in [0.05, 0.1) is 0 Å². The Balaban J connectivity index is 0.00000144. The van der Waals surface area contributed by atoms with Crippen molar-refractivity contribution in [2.45, 2.75) is 68.2 Å². The van der Waals surface area contributed by atoms with Crippen molar-refractivity contribution in [2.75, 3.05) is 0 Å². The molecule has 0 saturated heterocycles. The topological polar surface area (TPSA) is 0 Å². The molecule has 1 rings (SSSR count). The molecule has 0 aromatic carbocycles. The molecule has 0 heterocycles. The van der Waals surface area contributed by atoms with E-state index in [0.717, 1.165) is 0 Å². The van der Waals surface area contributed by atoms with Gasteiger partial charge in [-0.15, -0.1) is 0 Å². The van der Waals surface area contributed by atoms with Crippen LogP contribution in [0.4, 0.5) is 0 Å². The molecule has 0 unspecified atom stereocenters. The van der Waals surface area contributed by atoms with Crippen LogP contribution in [0.1, 0.15) is 68.2 Å². The van der Waals surface area contributed by atoms with Crippen LogP contribution in [-0.2, 0) is 0 Å². The first-order valence-corrected chi connectivity index (χ1v) is 5.21. The number of hydrogen-bond donors (Lipinski definition) is 0. The summed E-state index contributed by atoms with van der Waals surface area (Å²) in [6.45, 7) is 14.4. The molecule has 0 aliphatic heterocycles. The quantitative estimate of drug-likeness (QED) is 0.503. The van der Waals surface area contributed by atoms with Crippen LogP contribution in [0.15, 0.2) is 0 Å². The smallest absolute Gasteiger partial charge is 0.0200 e. The third-order valence-corrected chi connectivity index (χ3v) is 4.08. The Morgan fingerprint density at radius 3 is 1.08 bits per heavy atom. The van der Waals surface area contributed by atoms with Crippen molar-refractivity contribution < 1.29 is 0 Å². The highest BCUT2D eigenvalue weighted by molar-refractivity contribution is 5.03. The van der Waals surface area contributed by atoms with Gasteiger partial charge in [-0.1, -0.05) is 55.4 Å². The summed E-state index contributed by atoms with van der Waals surface area (Å²) < 4.78 is 0. The number of rotatable bonds is 0. The highest BCUT2D eigenvalue weighted by atomic mass is 14.6. The van der Waals surface area contributed by atoms with E-state index < -0.39 is 0 Å². The zero-order chi connectivity index (χ0) is 9.62. The molecule has 0 bridgehead atoms. The van der Waals surface area contributed by atoms with Gasteiger partial charge >= 0.3 is 0 Å². The van der Waals surface area contributed by atoms with E-state index >= 15 is 0 Å². The molecule has 1 aliphatic rings. The van der Waals surface area contributed by atoms with Gasteiger partial charge in [0.2, 0.25) is 0 Å². The van der Waals surface area contributed by atoms with Crippen molar-refractivity contribution in [3.05, 3.63) is 0 Å². The summed E-state index contributed by atoms with van der Waals surface area (Å²) in [5.74, 6) is 0. The van der Waals surface area contributed by atoms with E-state index in [2.05, 4.69) is 41.5 Å². The molecule has 1 aliphatic carbocycles. The lowest BCUT2D eigenvalue weighted by molar-refractivity contribution is -0.100. The van der Waals surface area contributed by atoms with Crippen molar-refractivity contribution in [3.8, 4) is 0 Å². The van der Waals surface area contributed by atoms with Gasteiger partial charge in [0.15, 0.2) is 0 Å². The molecule has 13 heavy (non-hydrogen) atoms. The minimum absolute atomic E-state index is 0. The van der Waals surface area contributed by atoms with Crippen LogP contribution in [-0.4, -0.2) is 0 Å². The van der Waals surface area contributed by atoms with Crippen LogP contribution in [0.25, 0.3) is 0 Å². The van der Waals surface area contributed by atoms with Crippen LogP contribution in [0, 0.1) is 16.2 Å². The summed E-state index contributed by atoms with van der Waals surface area (Å²) in [7, 11) is 0. The number of hydrogen-bond acceptors (Lipinski definition) is 0. The maximum Gasteiger partial charge on any atom is -0.0200 e. The Morgan fingerprint density at radius 2 is 1.08 bits per heavy atom. The predicted molar refractivity (Wildman–Crippen MR) is 61.9 cm³/mol. The summed E-state index contributed by atoms with van der Waals surface area (Å²) in [5.41, 5.74) is 1.55. The van der Waals surface area contributed by atoms with Crippen molar-refractivity contribution >= 4 is 0 Å². The molecule has 0 heteroatoms. The first kappa shape index (κ1) is 13.0. The normalized spacial score (nSPS) is 21.7. The van der Waals surface area contributed by atoms with E-state index in [1.54, 1.807) is 0 Å². The molecule has 1 fully saturated rings. The Morgan fingerprint density at radius 1 is 0.769 bits per heavy atom. The van der Waals surface area contributed by atoms with Crippen LogP contribution < -0.4 is 0 Å². The fourth-order valence-electron chi connectivity index (χ4n) is 3.16. The van der Waals surface area contributed by atoms with Crippen LogP contribution in [0.3, 0.4) is 0 Å². The molecular formula is C13H28. The van der Waals surface area contributed by atoms with Gasteiger partial charge in [0.25, 0.3) is 0 Å². The molecule has 0 radical (unpaired) electrons. The van der Waals surface area contributed by atoms with Gasteiger partial charge in [-0.2, -0.15) is 0 Å². The minimum Gasteiger partial charge on any atom is -0.0776 e. The third kappa shape index (κ3) is 1.78. The maximum atomic E-state index is 2.40. The van der Waals surface area contributed by atoms with E-state index in [4.69, 9.17) is 0 Å². The SMILES string of the molecule is C.CC(C)(C)C1(C(C)(C)C)CCC1. The third-order valence-electron chi connectivity index (χ3n) is 4.08. The van der Waals surface area contributed by atoms with E-state index in [1.165, 1.54) is 19.3 Å². The van der Waals surface area contributed by atoms with E-state index in [-0.39, 0.29) is 7.43 Å². The maximum absolute atomic E-state index is 2.40. The van der Waals surface area contributed by atoms with Gasteiger partial charge in [-0.05, 0) is 29.1 Å². The fourth-order valence-corrected chi connectivity index (χ4v) is 3.16. The lowest BCUT2D eigenvalue weighted by Crippen LogP contribution is -2.51. The van der Waals surface area contributed by atoms with Crippen LogP contribution >= 0.6 is 0 Å². The highest BCUT2D eigenvalue weighted by Crippen LogP contribution is 2.63. The molecule has 0 aromatic rings. The summed E-state index contributed by atoms with van der Waals surface area (Å²) in [6, 6.07) is 0.